The molecule has 8 heteroatoms. The van der Waals surface area contributed by atoms with Gasteiger partial charge in [0, 0.05) is 6.42 Å². The SMILES string of the molecule is CCCC1(CCC)NC(=O)N(CC(=O)NNC(=O)CC23CC4CC(CC(C4)C2)C3)C1=O. The van der Waals surface area contributed by atoms with Crippen molar-refractivity contribution in [1.29, 1.82) is 0 Å². The van der Waals surface area contributed by atoms with Gasteiger partial charge < -0.3 is 5.32 Å². The van der Waals surface area contributed by atoms with Crippen molar-refractivity contribution < 1.29 is 19.2 Å². The molecule has 0 unspecified atom stereocenters. The van der Waals surface area contributed by atoms with E-state index in [4.69, 9.17) is 0 Å². The van der Waals surface area contributed by atoms with Crippen molar-refractivity contribution in [2.45, 2.75) is 90.0 Å². The fourth-order valence-corrected chi connectivity index (χ4v) is 7.35. The van der Waals surface area contributed by atoms with Crippen LogP contribution in [0.15, 0.2) is 0 Å². The molecule has 1 saturated heterocycles. The van der Waals surface area contributed by atoms with Crippen LogP contribution in [0.5, 0.6) is 0 Å². The Morgan fingerprint density at radius 1 is 0.935 bits per heavy atom. The summed E-state index contributed by atoms with van der Waals surface area (Å²) in [6, 6.07) is -0.540. The van der Waals surface area contributed by atoms with Crippen LogP contribution in [0.4, 0.5) is 4.79 Å². The number of urea groups is 1. The van der Waals surface area contributed by atoms with E-state index in [2.05, 4.69) is 16.2 Å². The van der Waals surface area contributed by atoms with Crippen molar-refractivity contribution in [3.05, 3.63) is 0 Å². The molecular weight excluding hydrogens is 396 g/mol. The monoisotopic (exact) mass is 432 g/mol. The predicted molar refractivity (Wildman–Crippen MR) is 114 cm³/mol. The van der Waals surface area contributed by atoms with Crippen molar-refractivity contribution in [3.8, 4) is 0 Å². The van der Waals surface area contributed by atoms with Gasteiger partial charge in [-0.05, 0) is 74.5 Å². The first-order valence-corrected chi connectivity index (χ1v) is 12.0. The van der Waals surface area contributed by atoms with Gasteiger partial charge in [0.15, 0.2) is 0 Å². The number of hydrogen-bond donors (Lipinski definition) is 3. The van der Waals surface area contributed by atoms with E-state index in [9.17, 15) is 19.2 Å². The summed E-state index contributed by atoms with van der Waals surface area (Å²) < 4.78 is 0. The summed E-state index contributed by atoms with van der Waals surface area (Å²) in [5, 5.41) is 2.79. The predicted octanol–water partition coefficient (Wildman–Crippen LogP) is 2.63. The van der Waals surface area contributed by atoms with Crippen LogP contribution in [-0.4, -0.2) is 40.7 Å². The van der Waals surface area contributed by atoms with Gasteiger partial charge in [0.2, 0.25) is 5.91 Å². The summed E-state index contributed by atoms with van der Waals surface area (Å²) in [7, 11) is 0. The second kappa shape index (κ2) is 8.43. The average molecular weight is 433 g/mol. The number of carbonyl (C=O) groups excluding carboxylic acids is 4. The highest BCUT2D eigenvalue weighted by atomic mass is 16.2. The third kappa shape index (κ3) is 4.30. The minimum absolute atomic E-state index is 0.0915. The van der Waals surface area contributed by atoms with E-state index in [-0.39, 0.29) is 17.2 Å². The van der Waals surface area contributed by atoms with Gasteiger partial charge in [-0.15, -0.1) is 0 Å². The van der Waals surface area contributed by atoms with Crippen molar-refractivity contribution >= 4 is 23.8 Å². The molecule has 172 valence electrons. The normalized spacial score (nSPS) is 32.8. The lowest BCUT2D eigenvalue weighted by Gasteiger charge is -2.56. The molecule has 5 rings (SSSR count). The number of rotatable bonds is 8. The van der Waals surface area contributed by atoms with Crippen LogP contribution in [-0.2, 0) is 14.4 Å². The van der Waals surface area contributed by atoms with Crippen LogP contribution in [0.3, 0.4) is 0 Å². The first kappa shape index (κ1) is 22.1. The molecule has 1 aliphatic heterocycles. The zero-order valence-electron chi connectivity index (χ0n) is 18.8. The summed E-state index contributed by atoms with van der Waals surface area (Å²) in [6.07, 6.45) is 10.4. The van der Waals surface area contributed by atoms with Gasteiger partial charge in [-0.2, -0.15) is 0 Å². The van der Waals surface area contributed by atoms with E-state index >= 15 is 0 Å². The standard InChI is InChI=1S/C23H36N4O4/c1-3-5-23(6-4-2)20(30)27(21(31)24-23)14-19(29)26-25-18(28)13-22-10-15-7-16(11-22)9-17(8-15)12-22/h15-17H,3-14H2,1-2H3,(H,24,31)(H,25,28)(H,26,29). The third-order valence-electron chi connectivity index (χ3n) is 7.94. The van der Waals surface area contributed by atoms with E-state index in [1.807, 2.05) is 13.8 Å². The lowest BCUT2D eigenvalue weighted by molar-refractivity contribution is -0.137. The molecule has 31 heavy (non-hydrogen) atoms. The Morgan fingerprint density at radius 2 is 1.45 bits per heavy atom. The number of carbonyl (C=O) groups is 4. The molecular formula is C23H36N4O4. The quantitative estimate of drug-likeness (QED) is 0.405. The Labute approximate surface area is 184 Å². The first-order valence-electron chi connectivity index (χ1n) is 12.0. The van der Waals surface area contributed by atoms with E-state index in [1.165, 1.54) is 19.3 Å². The van der Waals surface area contributed by atoms with Gasteiger partial charge in [-0.1, -0.05) is 26.7 Å². The average Bonchev–Trinajstić information content (AvgIpc) is 2.90. The van der Waals surface area contributed by atoms with Crippen LogP contribution in [0.2, 0.25) is 0 Å². The first-order chi connectivity index (χ1) is 14.8. The van der Waals surface area contributed by atoms with Crippen LogP contribution in [0, 0.1) is 23.2 Å². The Morgan fingerprint density at radius 3 is 1.97 bits per heavy atom. The Hall–Kier alpha value is -2.12. The highest BCUT2D eigenvalue weighted by Crippen LogP contribution is 2.61. The Balaban J connectivity index is 1.28. The number of nitrogens with one attached hydrogen (secondary N) is 3. The fourth-order valence-electron chi connectivity index (χ4n) is 7.35. The maximum atomic E-state index is 12.9. The van der Waals surface area contributed by atoms with Crippen LogP contribution in [0.1, 0.15) is 84.5 Å². The summed E-state index contributed by atoms with van der Waals surface area (Å²) in [5.41, 5.74) is 4.11. The molecule has 0 radical (unpaired) electrons. The Bertz CT molecular complexity index is 723. The maximum absolute atomic E-state index is 12.9. The lowest BCUT2D eigenvalue weighted by Crippen LogP contribution is -2.52. The van der Waals surface area contributed by atoms with Crippen molar-refractivity contribution in [2.24, 2.45) is 23.2 Å². The molecule has 3 N–H and O–H groups in total. The zero-order chi connectivity index (χ0) is 22.2. The third-order valence-corrected chi connectivity index (χ3v) is 7.94. The molecule has 1 heterocycles. The molecule has 0 atom stereocenters. The number of amides is 5. The maximum Gasteiger partial charge on any atom is 0.325 e. The molecule has 5 amide bonds. The van der Waals surface area contributed by atoms with Gasteiger partial charge in [-0.25, -0.2) is 4.79 Å². The van der Waals surface area contributed by atoms with Gasteiger partial charge in [0.25, 0.3) is 11.8 Å². The second-order valence-electron chi connectivity index (χ2n) is 10.6. The van der Waals surface area contributed by atoms with Gasteiger partial charge in [0.05, 0.1) is 0 Å². The highest BCUT2D eigenvalue weighted by Gasteiger charge is 2.52. The van der Waals surface area contributed by atoms with Crippen LogP contribution in [0.25, 0.3) is 0 Å². The fraction of sp³-hybridized carbons (Fsp3) is 0.826. The molecule has 0 aromatic heterocycles. The number of hydrogen-bond acceptors (Lipinski definition) is 4. The van der Waals surface area contributed by atoms with Crippen LogP contribution >= 0.6 is 0 Å². The molecule has 5 fully saturated rings. The highest BCUT2D eigenvalue weighted by molar-refractivity contribution is 6.09. The minimum atomic E-state index is -0.914. The smallest absolute Gasteiger partial charge is 0.323 e. The van der Waals surface area contributed by atoms with Crippen molar-refractivity contribution in [1.82, 2.24) is 21.1 Å². The van der Waals surface area contributed by atoms with Crippen molar-refractivity contribution in [2.75, 3.05) is 6.54 Å². The van der Waals surface area contributed by atoms with Gasteiger partial charge in [0.1, 0.15) is 12.1 Å². The van der Waals surface area contributed by atoms with E-state index in [0.29, 0.717) is 19.3 Å². The molecule has 8 nitrogen and oxygen atoms in total. The molecule has 5 aliphatic rings. The Kier molecular flexibility index (Phi) is 6.01. The molecule has 4 aliphatic carbocycles. The number of imide groups is 1. The molecule has 4 saturated carbocycles. The summed E-state index contributed by atoms with van der Waals surface area (Å²) in [4.78, 5) is 51.2. The molecule has 0 spiro atoms. The second-order valence-corrected chi connectivity index (χ2v) is 10.6. The molecule has 0 aromatic rings. The van der Waals surface area contributed by atoms with E-state index < -0.39 is 24.0 Å². The molecule has 0 aromatic carbocycles. The topological polar surface area (TPSA) is 108 Å². The largest absolute Gasteiger partial charge is 0.325 e. The number of hydrazine groups is 1. The lowest BCUT2D eigenvalue weighted by atomic mass is 9.49. The van der Waals surface area contributed by atoms with Gasteiger partial charge >= 0.3 is 6.03 Å². The summed E-state index contributed by atoms with van der Waals surface area (Å²) >= 11 is 0. The molecule has 4 bridgehead atoms. The number of nitrogens with zero attached hydrogens (tertiary/aromatic N) is 1. The summed E-state index contributed by atoms with van der Waals surface area (Å²) in [6.45, 7) is 3.54. The van der Waals surface area contributed by atoms with Gasteiger partial charge in [-0.3, -0.25) is 30.1 Å². The van der Waals surface area contributed by atoms with Crippen molar-refractivity contribution in [3.63, 3.8) is 0 Å². The van der Waals surface area contributed by atoms with E-state index in [1.54, 1.807) is 0 Å². The summed E-state index contributed by atoms with van der Waals surface area (Å²) in [5.74, 6) is 1.20. The zero-order valence-corrected chi connectivity index (χ0v) is 18.8. The van der Waals surface area contributed by atoms with E-state index in [0.717, 1.165) is 54.8 Å². The van der Waals surface area contributed by atoms with Crippen LogP contribution < -0.4 is 16.2 Å². The minimum Gasteiger partial charge on any atom is -0.323 e.